The first-order chi connectivity index (χ1) is 10.3. The molecule has 0 radical (unpaired) electrons. The Kier molecular flexibility index (Phi) is 3.89. The first-order valence-electron chi connectivity index (χ1n) is 7.45. The second kappa shape index (κ2) is 5.57. The molecule has 0 saturated carbocycles. The number of carbonyl (C=O) groups excluding carboxylic acids is 1. The Labute approximate surface area is 127 Å². The summed E-state index contributed by atoms with van der Waals surface area (Å²) < 4.78 is 43.5. The molecule has 0 amide bonds. The lowest BCUT2D eigenvalue weighted by molar-refractivity contribution is -0.137. The van der Waals surface area contributed by atoms with Gasteiger partial charge in [0.2, 0.25) is 0 Å². The summed E-state index contributed by atoms with van der Waals surface area (Å²) in [5, 5.41) is 0. The molecule has 2 heterocycles. The van der Waals surface area contributed by atoms with Gasteiger partial charge in [0, 0.05) is 24.9 Å². The van der Waals surface area contributed by atoms with Gasteiger partial charge in [-0.2, -0.15) is 13.2 Å². The third-order valence-corrected chi connectivity index (χ3v) is 4.75. The number of carbonyl (C=O) groups is 1. The summed E-state index contributed by atoms with van der Waals surface area (Å²) in [5.74, 6) is -0.667. The van der Waals surface area contributed by atoms with Crippen molar-refractivity contribution < 1.29 is 22.7 Å². The molecule has 2 saturated heterocycles. The molecule has 6 heteroatoms. The number of alkyl halides is 3. The normalized spacial score (nSPS) is 28.6. The molecule has 120 valence electrons. The van der Waals surface area contributed by atoms with Gasteiger partial charge in [0.15, 0.2) is 0 Å². The molecule has 1 unspecified atom stereocenters. The van der Waals surface area contributed by atoms with Crippen molar-refractivity contribution in [2.45, 2.75) is 50.0 Å². The number of benzene rings is 1. The third kappa shape index (κ3) is 2.97. The topological polar surface area (TPSA) is 29.5 Å². The zero-order chi connectivity index (χ0) is 15.9. The summed E-state index contributed by atoms with van der Waals surface area (Å²) in [4.78, 5) is 14.4. The quantitative estimate of drug-likeness (QED) is 0.783. The number of esters is 1. The molecule has 3 atom stereocenters. The Morgan fingerprint density at radius 3 is 2.45 bits per heavy atom. The fraction of sp³-hybridized carbons (Fsp3) is 0.562. The predicted molar refractivity (Wildman–Crippen MR) is 74.5 cm³/mol. The van der Waals surface area contributed by atoms with Crippen molar-refractivity contribution in [1.82, 2.24) is 4.90 Å². The fourth-order valence-corrected chi connectivity index (χ4v) is 3.50. The lowest BCUT2D eigenvalue weighted by Crippen LogP contribution is -2.43. The third-order valence-electron chi connectivity index (χ3n) is 4.75. The van der Waals surface area contributed by atoms with Crippen LogP contribution in [0.5, 0.6) is 0 Å². The summed E-state index contributed by atoms with van der Waals surface area (Å²) in [7, 11) is 2.08. The molecule has 1 aromatic rings. The van der Waals surface area contributed by atoms with Crippen LogP contribution >= 0.6 is 0 Å². The van der Waals surface area contributed by atoms with E-state index in [-0.39, 0.29) is 11.7 Å². The number of fused-ring (bicyclic) bond motifs is 2. The van der Waals surface area contributed by atoms with Gasteiger partial charge in [-0.15, -0.1) is 0 Å². The second-order valence-corrected chi connectivity index (χ2v) is 6.13. The van der Waals surface area contributed by atoms with E-state index in [9.17, 15) is 18.0 Å². The first kappa shape index (κ1) is 15.3. The summed E-state index contributed by atoms with van der Waals surface area (Å²) in [6, 6.07) is 5.23. The summed E-state index contributed by atoms with van der Waals surface area (Å²) in [6.07, 6.45) is -0.939. The minimum absolute atomic E-state index is 0.0406. The number of piperidine rings is 1. The molecule has 2 aliphatic heterocycles. The van der Waals surface area contributed by atoms with Gasteiger partial charge < -0.3 is 9.64 Å². The summed E-state index contributed by atoms with van der Waals surface area (Å²) in [6.45, 7) is 0. The largest absolute Gasteiger partial charge is 0.459 e. The van der Waals surface area contributed by atoms with Crippen LogP contribution in [0.2, 0.25) is 0 Å². The molecule has 0 aromatic heterocycles. The van der Waals surface area contributed by atoms with Gasteiger partial charge in [0.25, 0.3) is 0 Å². The molecular weight excluding hydrogens is 295 g/mol. The van der Waals surface area contributed by atoms with Crippen LogP contribution in [0.25, 0.3) is 0 Å². The lowest BCUT2D eigenvalue weighted by Gasteiger charge is -2.35. The van der Waals surface area contributed by atoms with Crippen LogP contribution in [0.4, 0.5) is 13.2 Å². The van der Waals surface area contributed by atoms with Crippen LogP contribution in [-0.2, 0) is 10.9 Å². The number of halogens is 3. The highest BCUT2D eigenvalue weighted by Gasteiger charge is 2.40. The maximum absolute atomic E-state index is 12.7. The number of rotatable bonds is 2. The minimum Gasteiger partial charge on any atom is -0.459 e. The van der Waals surface area contributed by atoms with Gasteiger partial charge >= 0.3 is 12.1 Å². The molecule has 2 fully saturated rings. The zero-order valence-electron chi connectivity index (χ0n) is 12.3. The molecule has 2 bridgehead atoms. The van der Waals surface area contributed by atoms with Crippen LogP contribution < -0.4 is 0 Å². The monoisotopic (exact) mass is 313 g/mol. The molecule has 0 N–H and O–H groups in total. The maximum atomic E-state index is 12.7. The van der Waals surface area contributed by atoms with E-state index in [0.717, 1.165) is 37.8 Å². The average molecular weight is 313 g/mol. The molecule has 0 spiro atoms. The van der Waals surface area contributed by atoms with E-state index in [4.69, 9.17) is 4.74 Å². The van der Waals surface area contributed by atoms with E-state index in [0.29, 0.717) is 12.1 Å². The number of nitrogens with zero attached hydrogens (tertiary/aromatic N) is 1. The van der Waals surface area contributed by atoms with Crippen molar-refractivity contribution in [3.8, 4) is 0 Å². The van der Waals surface area contributed by atoms with Crippen LogP contribution in [0.1, 0.15) is 41.6 Å². The minimum atomic E-state index is -4.46. The highest BCUT2D eigenvalue weighted by atomic mass is 19.4. The maximum Gasteiger partial charge on any atom is 0.416 e. The summed E-state index contributed by atoms with van der Waals surface area (Å²) in [5.41, 5.74) is -0.869. The Hall–Kier alpha value is -1.56. The Morgan fingerprint density at radius 1 is 1.23 bits per heavy atom. The van der Waals surface area contributed by atoms with Crippen molar-refractivity contribution in [2.75, 3.05) is 7.05 Å². The average Bonchev–Trinajstić information content (AvgIpc) is 2.69. The van der Waals surface area contributed by atoms with Crippen molar-refractivity contribution in [3.05, 3.63) is 35.4 Å². The van der Waals surface area contributed by atoms with E-state index >= 15 is 0 Å². The molecule has 3 rings (SSSR count). The second-order valence-electron chi connectivity index (χ2n) is 6.13. The van der Waals surface area contributed by atoms with Crippen LogP contribution in [0.3, 0.4) is 0 Å². The Morgan fingerprint density at radius 2 is 1.86 bits per heavy atom. The molecule has 0 aliphatic carbocycles. The lowest BCUT2D eigenvalue weighted by atomic mass is 10.0. The molecule has 1 aromatic carbocycles. The molecule has 3 nitrogen and oxygen atoms in total. The number of hydrogen-bond donors (Lipinski definition) is 0. The SMILES string of the molecule is CN1[C@@H]2CC[C@H]1CC(OC(=O)c1cccc(C(F)(F)F)c1)C2. The van der Waals surface area contributed by atoms with Crippen molar-refractivity contribution in [2.24, 2.45) is 0 Å². The molecular formula is C16H18F3NO2. The zero-order valence-corrected chi connectivity index (χ0v) is 12.3. The standard InChI is InChI=1S/C16H18F3NO2/c1-20-12-5-6-13(20)9-14(8-12)22-15(21)10-3-2-4-11(7-10)16(17,18)19/h2-4,7,12-14H,5-6,8-9H2,1H3/t12-,13+,14?. The van der Waals surface area contributed by atoms with E-state index in [1.54, 1.807) is 0 Å². The van der Waals surface area contributed by atoms with E-state index in [1.807, 2.05) is 0 Å². The van der Waals surface area contributed by atoms with Crippen LogP contribution in [-0.4, -0.2) is 36.1 Å². The Balaban J connectivity index is 1.68. The van der Waals surface area contributed by atoms with E-state index < -0.39 is 17.7 Å². The molecule has 2 aliphatic rings. The van der Waals surface area contributed by atoms with Crippen LogP contribution in [0.15, 0.2) is 24.3 Å². The number of hydrogen-bond acceptors (Lipinski definition) is 3. The highest BCUT2D eigenvalue weighted by molar-refractivity contribution is 5.89. The van der Waals surface area contributed by atoms with Gasteiger partial charge in [0.05, 0.1) is 11.1 Å². The molecule has 22 heavy (non-hydrogen) atoms. The predicted octanol–water partition coefficient (Wildman–Crippen LogP) is 3.49. The van der Waals surface area contributed by atoms with Gasteiger partial charge in [0.1, 0.15) is 6.10 Å². The van der Waals surface area contributed by atoms with Gasteiger partial charge in [-0.3, -0.25) is 0 Å². The van der Waals surface area contributed by atoms with E-state index in [1.165, 1.54) is 12.1 Å². The van der Waals surface area contributed by atoms with Crippen LogP contribution in [0, 0.1) is 0 Å². The highest BCUT2D eigenvalue weighted by Crippen LogP contribution is 2.36. The van der Waals surface area contributed by atoms with Gasteiger partial charge in [-0.1, -0.05) is 6.07 Å². The van der Waals surface area contributed by atoms with E-state index in [2.05, 4.69) is 11.9 Å². The Bertz CT molecular complexity index is 559. The number of ether oxygens (including phenoxy) is 1. The van der Waals surface area contributed by atoms with Gasteiger partial charge in [-0.25, -0.2) is 4.79 Å². The first-order valence-corrected chi connectivity index (χ1v) is 7.45. The van der Waals surface area contributed by atoms with Gasteiger partial charge in [-0.05, 0) is 38.1 Å². The van der Waals surface area contributed by atoms with Crippen molar-refractivity contribution in [1.29, 1.82) is 0 Å². The van der Waals surface area contributed by atoms with Crippen molar-refractivity contribution >= 4 is 5.97 Å². The fourth-order valence-electron chi connectivity index (χ4n) is 3.50. The smallest absolute Gasteiger partial charge is 0.416 e. The summed E-state index contributed by atoms with van der Waals surface area (Å²) >= 11 is 0. The van der Waals surface area contributed by atoms with Crippen molar-refractivity contribution in [3.63, 3.8) is 0 Å².